The van der Waals surface area contributed by atoms with Gasteiger partial charge < -0.3 is 0 Å². The van der Waals surface area contributed by atoms with Crippen LogP contribution < -0.4 is 0 Å². The molecule has 1 rings (SSSR count). The number of nitriles is 2. The summed E-state index contributed by atoms with van der Waals surface area (Å²) in [6.45, 7) is 4.26. The lowest BCUT2D eigenvalue weighted by Crippen LogP contribution is -2.00. The van der Waals surface area contributed by atoms with Crippen LogP contribution in [0.3, 0.4) is 0 Å². The van der Waals surface area contributed by atoms with E-state index in [1.54, 1.807) is 0 Å². The van der Waals surface area contributed by atoms with Gasteiger partial charge in [-0.3, -0.25) is 0 Å². The van der Waals surface area contributed by atoms with Crippen LogP contribution in [0.5, 0.6) is 0 Å². The van der Waals surface area contributed by atoms with E-state index in [9.17, 15) is 10.5 Å². The first kappa shape index (κ1) is 14.3. The molecule has 1 aromatic rings. The Morgan fingerprint density at radius 3 is 1.50 bits per heavy atom. The number of benzene rings is 1. The molecule has 0 aliphatic rings. The lowest BCUT2D eigenvalue weighted by Gasteiger charge is -2.09. The molecule has 0 aliphatic heterocycles. The van der Waals surface area contributed by atoms with Crippen LogP contribution in [0.1, 0.15) is 61.8 Å². The monoisotopic (exact) mass is 240 g/mol. The Bertz CT molecular complexity index is 430. The van der Waals surface area contributed by atoms with E-state index in [4.69, 9.17) is 0 Å². The first-order valence-corrected chi connectivity index (χ1v) is 6.73. The predicted octanol–water partition coefficient (Wildman–Crippen LogP) is 4.12. The van der Waals surface area contributed by atoms with Crippen LogP contribution in [0.4, 0.5) is 0 Å². The highest BCUT2D eigenvalue weighted by Crippen LogP contribution is 2.21. The van der Waals surface area contributed by atoms with E-state index < -0.39 is 0 Å². The Balaban J connectivity index is 3.12. The molecule has 94 valence electrons. The third kappa shape index (κ3) is 3.34. The molecule has 0 spiro atoms. The maximum Gasteiger partial charge on any atom is 0.101 e. The Kier molecular flexibility index (Phi) is 5.95. The number of hydrogen-bond donors (Lipinski definition) is 0. The van der Waals surface area contributed by atoms with Gasteiger partial charge in [-0.05, 0) is 36.8 Å². The summed E-state index contributed by atoms with van der Waals surface area (Å²) in [6, 6.07) is 8.49. The zero-order valence-electron chi connectivity index (χ0n) is 11.3. The maximum atomic E-state index is 9.28. The first-order valence-electron chi connectivity index (χ1n) is 6.73. The van der Waals surface area contributed by atoms with Crippen LogP contribution in [0, 0.1) is 22.7 Å². The minimum absolute atomic E-state index is 0.597. The van der Waals surface area contributed by atoms with Crippen molar-refractivity contribution in [1.82, 2.24) is 0 Å². The third-order valence-electron chi connectivity index (χ3n) is 3.20. The molecule has 0 N–H and O–H groups in total. The third-order valence-corrected chi connectivity index (χ3v) is 3.20. The molecule has 0 fully saturated rings. The van der Waals surface area contributed by atoms with E-state index in [2.05, 4.69) is 26.0 Å². The van der Waals surface area contributed by atoms with Gasteiger partial charge in [-0.1, -0.05) is 38.8 Å². The molecule has 0 bridgehead atoms. The molecule has 0 atom stereocenters. The van der Waals surface area contributed by atoms with Gasteiger partial charge in [0, 0.05) is 0 Å². The Hall–Kier alpha value is -1.80. The second kappa shape index (κ2) is 7.51. The van der Waals surface area contributed by atoms with Gasteiger partial charge in [0.1, 0.15) is 12.1 Å². The molecule has 0 saturated heterocycles. The molecule has 0 aromatic heterocycles. The number of nitrogens with zero attached hydrogens (tertiary/aromatic N) is 2. The number of aryl methyl sites for hydroxylation is 2. The quantitative estimate of drug-likeness (QED) is 0.751. The van der Waals surface area contributed by atoms with Gasteiger partial charge in [0.25, 0.3) is 0 Å². The zero-order chi connectivity index (χ0) is 13.4. The summed E-state index contributed by atoms with van der Waals surface area (Å²) in [5, 5.41) is 18.6. The smallest absolute Gasteiger partial charge is 0.101 e. The van der Waals surface area contributed by atoms with Crippen LogP contribution in [-0.2, 0) is 12.8 Å². The lowest BCUT2D eigenvalue weighted by atomic mass is 9.92. The molecule has 18 heavy (non-hydrogen) atoms. The Morgan fingerprint density at radius 2 is 1.22 bits per heavy atom. The average molecular weight is 240 g/mol. The molecule has 0 radical (unpaired) electrons. The Labute approximate surface area is 110 Å². The topological polar surface area (TPSA) is 47.6 Å². The summed E-state index contributed by atoms with van der Waals surface area (Å²) in [4.78, 5) is 0. The molecule has 0 heterocycles. The fourth-order valence-electron chi connectivity index (χ4n) is 2.10. The number of hydrogen-bond acceptors (Lipinski definition) is 2. The van der Waals surface area contributed by atoms with Crippen LogP contribution in [-0.4, -0.2) is 0 Å². The SMILES string of the molecule is CCCCc1ccc(CCCC)c(C#N)c1C#N. The van der Waals surface area contributed by atoms with Crippen molar-refractivity contribution < 1.29 is 0 Å². The Morgan fingerprint density at radius 1 is 0.833 bits per heavy atom. The van der Waals surface area contributed by atoms with Crippen LogP contribution in [0.2, 0.25) is 0 Å². The lowest BCUT2D eigenvalue weighted by molar-refractivity contribution is 0.783. The highest BCUT2D eigenvalue weighted by Gasteiger charge is 2.12. The van der Waals surface area contributed by atoms with Gasteiger partial charge in [-0.25, -0.2) is 0 Å². The molecule has 0 amide bonds. The van der Waals surface area contributed by atoms with Gasteiger partial charge in [-0.2, -0.15) is 10.5 Å². The highest BCUT2D eigenvalue weighted by atomic mass is 14.3. The number of rotatable bonds is 6. The average Bonchev–Trinajstić information content (AvgIpc) is 2.42. The summed E-state index contributed by atoms with van der Waals surface area (Å²) in [5.41, 5.74) is 3.24. The van der Waals surface area contributed by atoms with E-state index >= 15 is 0 Å². The molecule has 2 heteroatoms. The molecule has 0 unspecified atom stereocenters. The van der Waals surface area contributed by atoms with Gasteiger partial charge in [0.05, 0.1) is 11.1 Å². The van der Waals surface area contributed by atoms with Gasteiger partial charge in [0.2, 0.25) is 0 Å². The minimum atomic E-state index is 0.597. The van der Waals surface area contributed by atoms with E-state index in [-0.39, 0.29) is 0 Å². The maximum absolute atomic E-state index is 9.28. The fraction of sp³-hybridized carbons (Fsp3) is 0.500. The fourth-order valence-corrected chi connectivity index (χ4v) is 2.10. The standard InChI is InChI=1S/C16H20N2/c1-3-5-7-13-9-10-14(8-6-4-2)16(12-18)15(13)11-17/h9-10H,3-8H2,1-2H3. The van der Waals surface area contributed by atoms with Crippen molar-refractivity contribution in [2.24, 2.45) is 0 Å². The molecule has 0 aliphatic carbocycles. The minimum Gasteiger partial charge on any atom is -0.192 e. The summed E-state index contributed by atoms with van der Waals surface area (Å²) in [6.07, 6.45) is 6.11. The molecular formula is C16H20N2. The van der Waals surface area contributed by atoms with E-state index in [0.29, 0.717) is 11.1 Å². The second-order valence-corrected chi connectivity index (χ2v) is 4.56. The van der Waals surface area contributed by atoms with Crippen molar-refractivity contribution in [1.29, 1.82) is 10.5 Å². The van der Waals surface area contributed by atoms with Crippen molar-refractivity contribution in [3.63, 3.8) is 0 Å². The normalized spacial score (nSPS) is 9.78. The van der Waals surface area contributed by atoms with Crippen molar-refractivity contribution in [3.8, 4) is 12.1 Å². The second-order valence-electron chi connectivity index (χ2n) is 4.56. The highest BCUT2D eigenvalue weighted by molar-refractivity contribution is 5.54. The van der Waals surface area contributed by atoms with E-state index in [1.807, 2.05) is 12.1 Å². The first-order chi connectivity index (χ1) is 8.78. The van der Waals surface area contributed by atoms with E-state index in [0.717, 1.165) is 49.7 Å². The number of unbranched alkanes of at least 4 members (excludes halogenated alkanes) is 2. The summed E-state index contributed by atoms with van der Waals surface area (Å²) in [7, 11) is 0. The molecular weight excluding hydrogens is 220 g/mol. The predicted molar refractivity (Wildman–Crippen MR) is 73.1 cm³/mol. The summed E-state index contributed by atoms with van der Waals surface area (Å²) in [5.74, 6) is 0. The van der Waals surface area contributed by atoms with Crippen molar-refractivity contribution in [3.05, 3.63) is 34.4 Å². The van der Waals surface area contributed by atoms with Gasteiger partial charge >= 0.3 is 0 Å². The summed E-state index contributed by atoms with van der Waals surface area (Å²) >= 11 is 0. The molecule has 1 aromatic carbocycles. The molecule has 0 saturated carbocycles. The van der Waals surface area contributed by atoms with Gasteiger partial charge in [0.15, 0.2) is 0 Å². The zero-order valence-corrected chi connectivity index (χ0v) is 11.3. The van der Waals surface area contributed by atoms with E-state index in [1.165, 1.54) is 0 Å². The largest absolute Gasteiger partial charge is 0.192 e. The molecule has 2 nitrogen and oxygen atoms in total. The van der Waals surface area contributed by atoms with Crippen LogP contribution in [0.25, 0.3) is 0 Å². The van der Waals surface area contributed by atoms with Crippen LogP contribution in [0.15, 0.2) is 12.1 Å². The van der Waals surface area contributed by atoms with Crippen molar-refractivity contribution in [2.45, 2.75) is 52.4 Å². The summed E-state index contributed by atoms with van der Waals surface area (Å²) < 4.78 is 0. The van der Waals surface area contributed by atoms with Crippen molar-refractivity contribution >= 4 is 0 Å². The van der Waals surface area contributed by atoms with Gasteiger partial charge in [-0.15, -0.1) is 0 Å². The van der Waals surface area contributed by atoms with Crippen molar-refractivity contribution in [2.75, 3.05) is 0 Å². The van der Waals surface area contributed by atoms with Crippen LogP contribution >= 0.6 is 0 Å².